The maximum absolute atomic E-state index is 13.8. The van der Waals surface area contributed by atoms with Crippen LogP contribution < -0.4 is 10.5 Å². The van der Waals surface area contributed by atoms with Gasteiger partial charge in [-0.1, -0.05) is 91.7 Å². The number of nitrogens with one attached hydrogen (secondary N) is 2. The Morgan fingerprint density at radius 3 is 2.27 bits per heavy atom. The van der Waals surface area contributed by atoms with Crippen LogP contribution in [0, 0.1) is 15.5 Å². The monoisotopic (exact) mass is 679 g/mol. The Labute approximate surface area is 282 Å². The second-order valence-electron chi connectivity index (χ2n) is 12.3. The van der Waals surface area contributed by atoms with Crippen LogP contribution in [-0.2, 0) is 31.6 Å². The van der Waals surface area contributed by atoms with Crippen LogP contribution in [0.2, 0.25) is 0 Å². The molecule has 3 aromatic carbocycles. The Balaban J connectivity index is 1.43. The number of benzene rings is 3. The quantitative estimate of drug-likeness (QED) is 0.0675. The first kappa shape index (κ1) is 36.5. The molecule has 1 saturated heterocycles. The normalized spacial score (nSPS) is 14.8. The second kappa shape index (κ2) is 16.6. The predicted molar refractivity (Wildman–Crippen MR) is 183 cm³/mol. The SMILES string of the molecule is CC(C)(c1ccccc1)c1cccc(S(=O)(=O)NC(CCCN(C(=N)N)[N+](=O)[O-])C(=O)N2CCN(CCOCc3ccccc3)CC2)c1. The van der Waals surface area contributed by atoms with Gasteiger partial charge in [0.2, 0.25) is 15.9 Å². The Hall–Kier alpha value is -4.37. The van der Waals surface area contributed by atoms with E-state index >= 15 is 0 Å². The minimum absolute atomic E-state index is 0.0118. The van der Waals surface area contributed by atoms with Gasteiger partial charge in [-0.2, -0.15) is 4.72 Å². The summed E-state index contributed by atoms with van der Waals surface area (Å²) < 4.78 is 36.0. The van der Waals surface area contributed by atoms with Crippen LogP contribution in [0.3, 0.4) is 0 Å². The molecule has 4 rings (SSSR count). The number of nitrogens with zero attached hydrogens (tertiary/aromatic N) is 4. The summed E-state index contributed by atoms with van der Waals surface area (Å²) in [5.74, 6) is -1.15. The van der Waals surface area contributed by atoms with Crippen LogP contribution in [0.15, 0.2) is 89.8 Å². The van der Waals surface area contributed by atoms with Gasteiger partial charge in [-0.25, -0.2) is 18.5 Å². The molecule has 1 fully saturated rings. The number of hydrogen-bond donors (Lipinski definition) is 3. The summed E-state index contributed by atoms with van der Waals surface area (Å²) in [6.45, 7) is 7.49. The molecular formula is C34H45N7O6S. The molecule has 0 radical (unpaired) electrons. The van der Waals surface area contributed by atoms with Crippen LogP contribution in [0.1, 0.15) is 43.4 Å². The van der Waals surface area contributed by atoms with Gasteiger partial charge in [-0.15, -0.1) is 0 Å². The molecule has 48 heavy (non-hydrogen) atoms. The Kier molecular flexibility index (Phi) is 12.6. The van der Waals surface area contributed by atoms with Crippen molar-refractivity contribution >= 4 is 21.9 Å². The molecular weight excluding hydrogens is 634 g/mol. The minimum Gasteiger partial charge on any atom is -0.375 e. The summed E-state index contributed by atoms with van der Waals surface area (Å²) in [5.41, 5.74) is 7.76. The summed E-state index contributed by atoms with van der Waals surface area (Å²) in [6, 6.07) is 25.1. The molecule has 1 aliphatic heterocycles. The van der Waals surface area contributed by atoms with Crippen LogP contribution in [0.25, 0.3) is 0 Å². The van der Waals surface area contributed by atoms with Crippen LogP contribution >= 0.6 is 0 Å². The summed E-state index contributed by atoms with van der Waals surface area (Å²) in [5, 5.41) is 18.5. The third-order valence-electron chi connectivity index (χ3n) is 8.64. The highest BCUT2D eigenvalue weighted by molar-refractivity contribution is 7.89. The molecule has 0 spiro atoms. The van der Waals surface area contributed by atoms with Crippen molar-refractivity contribution in [2.24, 2.45) is 5.73 Å². The van der Waals surface area contributed by atoms with Gasteiger partial charge in [-0.3, -0.25) is 15.1 Å². The van der Waals surface area contributed by atoms with E-state index < -0.39 is 38.4 Å². The van der Waals surface area contributed by atoms with Crippen molar-refractivity contribution in [3.8, 4) is 0 Å². The molecule has 3 aromatic rings. The van der Waals surface area contributed by atoms with Crippen molar-refractivity contribution in [3.05, 3.63) is 112 Å². The van der Waals surface area contributed by atoms with Gasteiger partial charge in [0.05, 0.1) is 24.7 Å². The van der Waals surface area contributed by atoms with Crippen molar-refractivity contribution in [3.63, 3.8) is 0 Å². The molecule has 0 aromatic heterocycles. The molecule has 0 bridgehead atoms. The number of rotatable bonds is 16. The lowest BCUT2D eigenvalue weighted by molar-refractivity contribution is -0.629. The fourth-order valence-corrected chi connectivity index (χ4v) is 6.94. The summed E-state index contributed by atoms with van der Waals surface area (Å²) >= 11 is 0. The molecule has 13 nitrogen and oxygen atoms in total. The lowest BCUT2D eigenvalue weighted by Gasteiger charge is -2.36. The van der Waals surface area contributed by atoms with Gasteiger partial charge in [0.15, 0.2) is 5.03 Å². The highest BCUT2D eigenvalue weighted by Gasteiger charge is 2.33. The molecule has 1 amide bonds. The Morgan fingerprint density at radius 2 is 1.65 bits per heavy atom. The highest BCUT2D eigenvalue weighted by Crippen LogP contribution is 2.32. The van der Waals surface area contributed by atoms with E-state index in [0.29, 0.717) is 50.9 Å². The number of nitro groups is 1. The van der Waals surface area contributed by atoms with Crippen molar-refractivity contribution in [2.75, 3.05) is 45.9 Å². The number of sulfonamides is 1. The third-order valence-corrected chi connectivity index (χ3v) is 10.1. The van der Waals surface area contributed by atoms with E-state index in [2.05, 4.69) is 9.62 Å². The Bertz CT molecular complexity index is 1620. The second-order valence-corrected chi connectivity index (χ2v) is 14.0. The molecule has 0 saturated carbocycles. The molecule has 258 valence electrons. The van der Waals surface area contributed by atoms with E-state index in [4.69, 9.17) is 15.9 Å². The number of amides is 1. The number of ether oxygens (including phenoxy) is 1. The first-order chi connectivity index (χ1) is 22.9. The highest BCUT2D eigenvalue weighted by atomic mass is 32.2. The van der Waals surface area contributed by atoms with Crippen LogP contribution in [0.4, 0.5) is 0 Å². The third kappa shape index (κ3) is 9.83. The van der Waals surface area contributed by atoms with Gasteiger partial charge in [0.1, 0.15) is 6.04 Å². The number of hydrogen-bond acceptors (Lipinski definition) is 8. The molecule has 4 N–H and O–H groups in total. The zero-order chi connectivity index (χ0) is 34.7. The molecule has 0 aliphatic carbocycles. The zero-order valence-electron chi connectivity index (χ0n) is 27.5. The van der Waals surface area contributed by atoms with Crippen LogP contribution in [0.5, 0.6) is 0 Å². The van der Waals surface area contributed by atoms with Crippen LogP contribution in [-0.4, -0.2) is 92.0 Å². The topological polar surface area (TPSA) is 175 Å². The van der Waals surface area contributed by atoms with Gasteiger partial charge in [-0.05, 0) is 41.7 Å². The largest absolute Gasteiger partial charge is 0.375 e. The molecule has 14 heteroatoms. The molecule has 1 unspecified atom stereocenters. The Morgan fingerprint density at radius 1 is 1.02 bits per heavy atom. The van der Waals surface area contributed by atoms with E-state index in [1.54, 1.807) is 17.0 Å². The predicted octanol–water partition coefficient (Wildman–Crippen LogP) is 3.19. The number of carbonyl (C=O) groups excluding carboxylic acids is 1. The van der Waals surface area contributed by atoms with Crippen molar-refractivity contribution < 1.29 is 23.0 Å². The molecule has 1 atom stereocenters. The first-order valence-electron chi connectivity index (χ1n) is 16.0. The van der Waals surface area contributed by atoms with E-state index in [1.807, 2.05) is 80.6 Å². The fourth-order valence-electron chi connectivity index (χ4n) is 5.67. The van der Waals surface area contributed by atoms with E-state index in [1.165, 1.54) is 6.07 Å². The number of nitrogens with two attached hydrogens (primary N) is 1. The van der Waals surface area contributed by atoms with Gasteiger partial charge < -0.3 is 15.4 Å². The number of piperazine rings is 1. The minimum atomic E-state index is -4.18. The number of carbonyl (C=O) groups is 1. The average Bonchev–Trinajstić information content (AvgIpc) is 3.08. The average molecular weight is 680 g/mol. The maximum Gasteiger partial charge on any atom is 0.251 e. The maximum atomic E-state index is 13.8. The first-order valence-corrected chi connectivity index (χ1v) is 17.4. The number of guanidine groups is 1. The van der Waals surface area contributed by atoms with Gasteiger partial charge >= 0.3 is 0 Å². The zero-order valence-corrected chi connectivity index (χ0v) is 28.3. The smallest absolute Gasteiger partial charge is 0.251 e. The molecule has 1 aliphatic rings. The lowest BCUT2D eigenvalue weighted by Crippen LogP contribution is -2.55. The summed E-state index contributed by atoms with van der Waals surface area (Å²) in [4.78, 5) is 29.0. The number of hydrazine groups is 1. The lowest BCUT2D eigenvalue weighted by atomic mass is 9.78. The van der Waals surface area contributed by atoms with E-state index in [0.717, 1.165) is 16.7 Å². The van der Waals surface area contributed by atoms with Crippen molar-refractivity contribution in [2.45, 2.75) is 49.6 Å². The van der Waals surface area contributed by atoms with Gasteiger partial charge in [0.25, 0.3) is 5.96 Å². The summed E-state index contributed by atoms with van der Waals surface area (Å²) in [6.07, 6.45) is 0.0116. The van der Waals surface area contributed by atoms with Crippen molar-refractivity contribution in [1.82, 2.24) is 19.5 Å². The summed E-state index contributed by atoms with van der Waals surface area (Å²) in [7, 11) is -4.18. The van der Waals surface area contributed by atoms with E-state index in [9.17, 15) is 23.3 Å². The molecule has 1 heterocycles. The van der Waals surface area contributed by atoms with E-state index in [-0.39, 0.29) is 24.3 Å². The standard InChI is InChI=1S/C34H45N7O6S/c1-34(2,28-13-7-4-8-14-28)29-15-9-16-30(25-29)48(45,46)37-31(17-10-18-40(33(35)36)41(43)44)32(42)39-21-19-38(20-22-39)23-24-47-26-27-11-5-3-6-12-27/h3-9,11-16,25,31,37H,10,17-24,26H2,1-2H3,(H3,35,36). The van der Waals surface area contributed by atoms with Gasteiger partial charge in [0, 0.05) is 38.1 Å². The van der Waals surface area contributed by atoms with Crippen molar-refractivity contribution in [1.29, 1.82) is 5.41 Å². The fraction of sp³-hybridized carbons (Fsp3) is 0.412.